The molecule has 1 aliphatic rings. The predicted octanol–water partition coefficient (Wildman–Crippen LogP) is 6.37. The molecule has 0 spiro atoms. The van der Waals surface area contributed by atoms with Crippen molar-refractivity contribution in [3.63, 3.8) is 0 Å². The number of hydrogen-bond acceptors (Lipinski definition) is 2. The lowest BCUT2D eigenvalue weighted by molar-refractivity contribution is 0.309. The number of fused-ring (bicyclic) bond motifs is 1. The summed E-state index contributed by atoms with van der Waals surface area (Å²) in [5.41, 5.74) is 2.20. The molecule has 1 aliphatic heterocycles. The lowest BCUT2D eigenvalue weighted by Crippen LogP contribution is -2.31. The van der Waals surface area contributed by atoms with Crippen LogP contribution >= 0.6 is 7.92 Å². The standard InChI is InChI=1S/C30H28NOP/c1-30(2,3)28-24-18-10-12-20-26(24)32-29(31-28)25-19-11-13-21-27(25)33(22-14-6-4-7-15-22)23-16-8-5-9-17-23/h4-21,28H,1-3H3/t28-/m1/s1. The van der Waals surface area contributed by atoms with Gasteiger partial charge in [0.05, 0.1) is 6.04 Å². The van der Waals surface area contributed by atoms with Crippen molar-refractivity contribution in [2.45, 2.75) is 26.8 Å². The zero-order valence-electron chi connectivity index (χ0n) is 19.3. The first-order valence-corrected chi connectivity index (χ1v) is 12.7. The second-order valence-electron chi connectivity index (χ2n) is 9.37. The molecule has 164 valence electrons. The molecule has 0 radical (unpaired) electrons. The van der Waals surface area contributed by atoms with E-state index in [0.717, 1.165) is 16.9 Å². The van der Waals surface area contributed by atoms with Gasteiger partial charge in [-0.1, -0.05) is 118 Å². The fourth-order valence-corrected chi connectivity index (χ4v) is 6.77. The van der Waals surface area contributed by atoms with Gasteiger partial charge in [-0.25, -0.2) is 4.99 Å². The molecule has 3 heteroatoms. The Hall–Kier alpha value is -3.22. The lowest BCUT2D eigenvalue weighted by atomic mass is 9.82. The van der Waals surface area contributed by atoms with Gasteiger partial charge in [0.15, 0.2) is 0 Å². The Balaban J connectivity index is 1.68. The summed E-state index contributed by atoms with van der Waals surface area (Å²) in [5, 5.41) is 3.89. The average molecular weight is 450 g/mol. The van der Waals surface area contributed by atoms with Crippen LogP contribution in [0.1, 0.15) is 37.9 Å². The molecule has 0 bridgehead atoms. The molecule has 0 aliphatic carbocycles. The molecule has 4 aromatic rings. The van der Waals surface area contributed by atoms with Crippen LogP contribution in [-0.4, -0.2) is 5.90 Å². The van der Waals surface area contributed by atoms with E-state index in [2.05, 4.69) is 124 Å². The topological polar surface area (TPSA) is 21.6 Å². The molecular formula is C30H28NOP. The van der Waals surface area contributed by atoms with Crippen LogP contribution in [0.15, 0.2) is 114 Å². The Labute approximate surface area is 197 Å². The number of ether oxygens (including phenoxy) is 1. The van der Waals surface area contributed by atoms with E-state index in [-0.39, 0.29) is 11.5 Å². The molecular weight excluding hydrogens is 421 g/mol. The van der Waals surface area contributed by atoms with Gasteiger partial charge in [-0.15, -0.1) is 0 Å². The van der Waals surface area contributed by atoms with Gasteiger partial charge in [0, 0.05) is 11.1 Å². The molecule has 1 atom stereocenters. The van der Waals surface area contributed by atoms with Gasteiger partial charge in [0.2, 0.25) is 5.90 Å². The van der Waals surface area contributed by atoms with Crippen molar-refractivity contribution in [2.75, 3.05) is 0 Å². The van der Waals surface area contributed by atoms with Crippen molar-refractivity contribution in [2.24, 2.45) is 10.4 Å². The second kappa shape index (κ2) is 8.96. The number of para-hydroxylation sites is 1. The minimum absolute atomic E-state index is 0.0241. The number of benzene rings is 4. The van der Waals surface area contributed by atoms with E-state index in [1.54, 1.807) is 0 Å². The predicted molar refractivity (Wildman–Crippen MR) is 141 cm³/mol. The van der Waals surface area contributed by atoms with Crippen molar-refractivity contribution in [1.82, 2.24) is 0 Å². The highest BCUT2D eigenvalue weighted by molar-refractivity contribution is 7.80. The molecule has 2 nitrogen and oxygen atoms in total. The summed E-state index contributed by atoms with van der Waals surface area (Å²) in [6.45, 7) is 6.73. The third-order valence-electron chi connectivity index (χ3n) is 5.89. The molecule has 0 saturated heterocycles. The Bertz CT molecular complexity index is 1240. The van der Waals surface area contributed by atoms with Gasteiger partial charge in [0.25, 0.3) is 0 Å². The molecule has 0 fully saturated rings. The SMILES string of the molecule is CC(C)(C)[C@@H]1N=C(c2ccccc2P(c2ccccc2)c2ccccc2)Oc2ccccc21. The molecule has 0 unspecified atom stereocenters. The molecule has 1 heterocycles. The van der Waals surface area contributed by atoms with E-state index in [4.69, 9.17) is 9.73 Å². The smallest absolute Gasteiger partial charge is 0.223 e. The van der Waals surface area contributed by atoms with E-state index < -0.39 is 7.92 Å². The maximum Gasteiger partial charge on any atom is 0.223 e. The summed E-state index contributed by atoms with van der Waals surface area (Å²) in [7, 11) is -0.762. The van der Waals surface area contributed by atoms with Crippen molar-refractivity contribution in [1.29, 1.82) is 0 Å². The Morgan fingerprint density at radius 2 is 1.21 bits per heavy atom. The minimum Gasteiger partial charge on any atom is -0.438 e. The maximum atomic E-state index is 6.47. The third kappa shape index (κ3) is 4.36. The van der Waals surface area contributed by atoms with Crippen LogP contribution < -0.4 is 20.7 Å². The first kappa shape index (κ1) is 21.6. The molecule has 33 heavy (non-hydrogen) atoms. The number of rotatable bonds is 4. The van der Waals surface area contributed by atoms with Gasteiger partial charge >= 0.3 is 0 Å². The van der Waals surface area contributed by atoms with E-state index in [1.165, 1.54) is 15.9 Å². The number of aliphatic imine (C=N–C) groups is 1. The summed E-state index contributed by atoms with van der Waals surface area (Å²) in [5.74, 6) is 1.62. The highest BCUT2D eigenvalue weighted by atomic mass is 31.1. The third-order valence-corrected chi connectivity index (χ3v) is 8.39. The van der Waals surface area contributed by atoms with E-state index in [0.29, 0.717) is 5.90 Å². The van der Waals surface area contributed by atoms with Gasteiger partial charge < -0.3 is 4.74 Å². The highest BCUT2D eigenvalue weighted by Gasteiger charge is 2.34. The second-order valence-corrected chi connectivity index (χ2v) is 11.6. The normalized spacial score (nSPS) is 15.5. The molecule has 0 saturated carbocycles. The number of hydrogen-bond donors (Lipinski definition) is 0. The summed E-state index contributed by atoms with van der Waals surface area (Å²) in [6, 6.07) is 38.5. The zero-order valence-corrected chi connectivity index (χ0v) is 20.2. The highest BCUT2D eigenvalue weighted by Crippen LogP contribution is 2.44. The monoisotopic (exact) mass is 449 g/mol. The fraction of sp³-hybridized carbons (Fsp3) is 0.167. The van der Waals surface area contributed by atoms with Crippen molar-refractivity contribution in [3.05, 3.63) is 120 Å². The summed E-state index contributed by atoms with van der Waals surface area (Å²) in [4.78, 5) is 5.20. The molecule has 0 aromatic heterocycles. The number of nitrogens with zero attached hydrogens (tertiary/aromatic N) is 1. The van der Waals surface area contributed by atoms with Crippen molar-refractivity contribution in [3.8, 4) is 5.75 Å². The fourth-order valence-electron chi connectivity index (χ4n) is 4.33. The molecule has 0 N–H and O–H groups in total. The zero-order chi connectivity index (χ0) is 22.8. The van der Waals surface area contributed by atoms with E-state index in [9.17, 15) is 0 Å². The first-order chi connectivity index (χ1) is 16.0. The maximum absolute atomic E-state index is 6.47. The Morgan fingerprint density at radius 3 is 1.85 bits per heavy atom. The van der Waals surface area contributed by atoms with Crippen LogP contribution in [0.5, 0.6) is 5.75 Å². The van der Waals surface area contributed by atoms with Crippen LogP contribution in [0.3, 0.4) is 0 Å². The largest absolute Gasteiger partial charge is 0.438 e. The molecule has 5 rings (SSSR count). The van der Waals surface area contributed by atoms with Crippen LogP contribution in [-0.2, 0) is 0 Å². The van der Waals surface area contributed by atoms with Crippen molar-refractivity contribution < 1.29 is 4.74 Å². The molecule has 0 amide bonds. The van der Waals surface area contributed by atoms with Gasteiger partial charge in [-0.3, -0.25) is 0 Å². The first-order valence-electron chi connectivity index (χ1n) is 11.4. The summed E-state index contributed by atoms with van der Waals surface area (Å²) in [6.07, 6.45) is 0. The van der Waals surface area contributed by atoms with Crippen LogP contribution in [0.2, 0.25) is 0 Å². The summed E-state index contributed by atoms with van der Waals surface area (Å²) >= 11 is 0. The van der Waals surface area contributed by atoms with E-state index >= 15 is 0 Å². The van der Waals surface area contributed by atoms with E-state index in [1.807, 2.05) is 6.07 Å². The lowest BCUT2D eigenvalue weighted by Gasteiger charge is -2.33. The quantitative estimate of drug-likeness (QED) is 0.332. The molecule has 4 aromatic carbocycles. The average Bonchev–Trinajstić information content (AvgIpc) is 2.85. The Morgan fingerprint density at radius 1 is 0.667 bits per heavy atom. The van der Waals surface area contributed by atoms with Crippen LogP contribution in [0, 0.1) is 5.41 Å². The summed E-state index contributed by atoms with van der Waals surface area (Å²) < 4.78 is 6.47. The van der Waals surface area contributed by atoms with Crippen LogP contribution in [0.4, 0.5) is 0 Å². The van der Waals surface area contributed by atoms with Gasteiger partial charge in [0.1, 0.15) is 5.75 Å². The minimum atomic E-state index is -0.762. The Kier molecular flexibility index (Phi) is 5.87. The van der Waals surface area contributed by atoms with Gasteiger partial charge in [-0.2, -0.15) is 0 Å². The van der Waals surface area contributed by atoms with Gasteiger partial charge in [-0.05, 0) is 41.4 Å². The van der Waals surface area contributed by atoms with Crippen molar-refractivity contribution >= 4 is 29.7 Å². The van der Waals surface area contributed by atoms with Crippen LogP contribution in [0.25, 0.3) is 0 Å².